The summed E-state index contributed by atoms with van der Waals surface area (Å²) in [6, 6.07) is 7.57. The van der Waals surface area contributed by atoms with Crippen molar-refractivity contribution in [2.75, 3.05) is 19.5 Å². The molecule has 0 aliphatic carbocycles. The van der Waals surface area contributed by atoms with Gasteiger partial charge in [-0.2, -0.15) is 0 Å². The van der Waals surface area contributed by atoms with E-state index in [-0.39, 0.29) is 5.92 Å². The first-order valence-corrected chi connectivity index (χ1v) is 8.96. The number of rotatable bonds is 3. The molecule has 3 rings (SSSR count). The van der Waals surface area contributed by atoms with Crippen molar-refractivity contribution in [1.29, 1.82) is 0 Å². The van der Waals surface area contributed by atoms with E-state index in [0.717, 1.165) is 17.4 Å². The number of sulfonamides is 1. The molecular weight excluding hydrogens is 302 g/mol. The maximum atomic E-state index is 12.3. The van der Waals surface area contributed by atoms with Crippen molar-refractivity contribution in [2.24, 2.45) is 5.92 Å². The Bertz CT molecular complexity index is 732. The topological polar surface area (TPSA) is 55.8 Å². The zero-order valence-electron chi connectivity index (χ0n) is 12.7. The van der Waals surface area contributed by atoms with Crippen LogP contribution in [-0.4, -0.2) is 32.2 Å². The Kier molecular flexibility index (Phi) is 3.63. The summed E-state index contributed by atoms with van der Waals surface area (Å²) in [6.07, 6.45) is 4.55. The van der Waals surface area contributed by atoms with Crippen LogP contribution >= 0.6 is 0 Å². The van der Waals surface area contributed by atoms with Crippen LogP contribution in [0.4, 0.5) is 0 Å². The highest BCUT2D eigenvalue weighted by Gasteiger charge is 2.51. The summed E-state index contributed by atoms with van der Waals surface area (Å²) in [6.45, 7) is 6.49. The smallest absolute Gasteiger partial charge is 0.293 e. The van der Waals surface area contributed by atoms with Crippen LogP contribution in [0.5, 0.6) is 0 Å². The van der Waals surface area contributed by atoms with E-state index in [2.05, 4.69) is 6.58 Å². The van der Waals surface area contributed by atoms with Crippen LogP contribution in [0.15, 0.2) is 43.1 Å². The highest BCUT2D eigenvalue weighted by molar-refractivity contribution is 7.88. The van der Waals surface area contributed by atoms with Crippen molar-refractivity contribution in [3.8, 4) is 0 Å². The zero-order valence-corrected chi connectivity index (χ0v) is 13.5. The van der Waals surface area contributed by atoms with Crippen molar-refractivity contribution >= 4 is 15.6 Å². The molecule has 6 heteroatoms. The van der Waals surface area contributed by atoms with Crippen LogP contribution in [0.1, 0.15) is 18.1 Å². The van der Waals surface area contributed by atoms with Crippen LogP contribution < -0.4 is 0 Å². The molecule has 0 saturated carbocycles. The molecule has 0 aromatic heterocycles. The van der Waals surface area contributed by atoms with Gasteiger partial charge in [-0.05, 0) is 11.1 Å². The van der Waals surface area contributed by atoms with Gasteiger partial charge in [0.25, 0.3) is 5.91 Å². The van der Waals surface area contributed by atoms with E-state index in [1.807, 2.05) is 31.2 Å². The number of benzene rings is 1. The Morgan fingerprint density at radius 3 is 2.55 bits per heavy atom. The Morgan fingerprint density at radius 2 is 1.95 bits per heavy atom. The molecule has 2 aliphatic heterocycles. The van der Waals surface area contributed by atoms with E-state index in [1.165, 1.54) is 4.31 Å². The van der Waals surface area contributed by atoms with Gasteiger partial charge in [-0.1, -0.05) is 37.3 Å². The summed E-state index contributed by atoms with van der Waals surface area (Å²) in [4.78, 5) is 0. The average Bonchev–Trinajstić information content (AvgIpc) is 2.96. The van der Waals surface area contributed by atoms with Gasteiger partial charge < -0.3 is 9.47 Å². The van der Waals surface area contributed by atoms with Gasteiger partial charge in [0.1, 0.15) is 0 Å². The fourth-order valence-electron chi connectivity index (χ4n) is 2.90. The first-order chi connectivity index (χ1) is 10.4. The van der Waals surface area contributed by atoms with Gasteiger partial charge in [0.2, 0.25) is 10.0 Å². The van der Waals surface area contributed by atoms with Crippen LogP contribution in [0.2, 0.25) is 0 Å². The fourth-order valence-corrected chi connectivity index (χ4v) is 3.84. The SMILES string of the molecule is C=CC(C)C1=CN(S(C)(=O)=O)C2(OCCO2)c2ccccc21. The number of nitrogens with zero attached hydrogens (tertiary/aromatic N) is 1. The molecule has 118 valence electrons. The quantitative estimate of drug-likeness (QED) is 0.802. The molecular formula is C16H19NO4S. The third-order valence-corrected chi connectivity index (χ3v) is 5.07. The minimum atomic E-state index is -3.56. The lowest BCUT2D eigenvalue weighted by molar-refractivity contribution is -0.226. The highest BCUT2D eigenvalue weighted by atomic mass is 32.2. The second kappa shape index (κ2) is 5.22. The Labute approximate surface area is 130 Å². The molecule has 22 heavy (non-hydrogen) atoms. The predicted molar refractivity (Wildman–Crippen MR) is 84.0 cm³/mol. The number of hydrogen-bond acceptors (Lipinski definition) is 4. The molecule has 1 aromatic rings. The van der Waals surface area contributed by atoms with Crippen molar-refractivity contribution in [1.82, 2.24) is 4.31 Å². The number of hydrogen-bond donors (Lipinski definition) is 0. The molecule has 1 spiro atoms. The van der Waals surface area contributed by atoms with E-state index >= 15 is 0 Å². The normalized spacial score (nSPS) is 21.4. The summed E-state index contributed by atoms with van der Waals surface area (Å²) in [5.41, 5.74) is 2.52. The number of fused-ring (bicyclic) bond motifs is 2. The van der Waals surface area contributed by atoms with Gasteiger partial charge in [-0.15, -0.1) is 6.58 Å². The monoisotopic (exact) mass is 321 g/mol. The standard InChI is InChI=1S/C16H19NO4S/c1-4-12(2)14-11-17(22(3,18)19)16(20-9-10-21-16)15-8-6-5-7-13(14)15/h4-8,11-12H,1,9-10H2,2-3H3. The lowest BCUT2D eigenvalue weighted by Crippen LogP contribution is -2.49. The van der Waals surface area contributed by atoms with Crippen LogP contribution in [0.3, 0.4) is 0 Å². The van der Waals surface area contributed by atoms with Crippen molar-refractivity contribution in [3.05, 3.63) is 54.2 Å². The van der Waals surface area contributed by atoms with E-state index in [0.29, 0.717) is 18.8 Å². The molecule has 0 amide bonds. The van der Waals surface area contributed by atoms with Gasteiger partial charge >= 0.3 is 0 Å². The van der Waals surface area contributed by atoms with E-state index in [1.54, 1.807) is 12.3 Å². The average molecular weight is 321 g/mol. The van der Waals surface area contributed by atoms with Crippen molar-refractivity contribution < 1.29 is 17.9 Å². The maximum absolute atomic E-state index is 12.3. The summed E-state index contributed by atoms with van der Waals surface area (Å²) in [5, 5.41) is 0. The molecule has 0 bridgehead atoms. The van der Waals surface area contributed by atoms with Crippen LogP contribution in [0.25, 0.3) is 5.57 Å². The maximum Gasteiger partial charge on any atom is 0.293 e. The molecule has 1 fully saturated rings. The van der Waals surface area contributed by atoms with E-state index < -0.39 is 15.9 Å². The molecule has 1 aromatic carbocycles. The van der Waals surface area contributed by atoms with Gasteiger partial charge in [0.15, 0.2) is 0 Å². The molecule has 0 radical (unpaired) electrons. The lowest BCUT2D eigenvalue weighted by atomic mass is 9.88. The van der Waals surface area contributed by atoms with Gasteiger partial charge in [-0.25, -0.2) is 12.7 Å². The third kappa shape index (κ3) is 2.18. The summed E-state index contributed by atoms with van der Waals surface area (Å²) in [5.74, 6) is -1.39. The molecule has 1 atom stereocenters. The Morgan fingerprint density at radius 1 is 1.32 bits per heavy atom. The third-order valence-electron chi connectivity index (χ3n) is 4.01. The minimum absolute atomic E-state index is 0.00385. The molecule has 0 N–H and O–H groups in total. The Hall–Kier alpha value is -1.63. The lowest BCUT2D eigenvalue weighted by Gasteiger charge is -2.42. The van der Waals surface area contributed by atoms with Crippen molar-refractivity contribution in [2.45, 2.75) is 12.8 Å². The molecule has 2 aliphatic rings. The molecule has 5 nitrogen and oxygen atoms in total. The zero-order chi connectivity index (χ0) is 16.0. The minimum Gasteiger partial charge on any atom is -0.326 e. The largest absolute Gasteiger partial charge is 0.326 e. The summed E-state index contributed by atoms with van der Waals surface area (Å²) < 4.78 is 37.3. The number of allylic oxidation sites excluding steroid dienone is 2. The van der Waals surface area contributed by atoms with Crippen molar-refractivity contribution in [3.63, 3.8) is 0 Å². The fraction of sp³-hybridized carbons (Fsp3) is 0.375. The highest BCUT2D eigenvalue weighted by Crippen LogP contribution is 2.46. The van der Waals surface area contributed by atoms with Crippen LogP contribution in [0, 0.1) is 5.92 Å². The van der Waals surface area contributed by atoms with E-state index in [4.69, 9.17) is 9.47 Å². The second-order valence-corrected chi connectivity index (χ2v) is 7.35. The molecule has 2 heterocycles. The Balaban J connectivity index is 2.29. The summed E-state index contributed by atoms with van der Waals surface area (Å²) in [7, 11) is -3.56. The van der Waals surface area contributed by atoms with Gasteiger partial charge in [0.05, 0.1) is 19.5 Å². The van der Waals surface area contributed by atoms with Gasteiger partial charge in [-0.3, -0.25) is 0 Å². The van der Waals surface area contributed by atoms with Gasteiger partial charge in [0, 0.05) is 17.7 Å². The van der Waals surface area contributed by atoms with Crippen LogP contribution in [-0.2, 0) is 25.4 Å². The summed E-state index contributed by atoms with van der Waals surface area (Å²) >= 11 is 0. The second-order valence-electron chi connectivity index (χ2n) is 5.49. The first-order valence-electron chi connectivity index (χ1n) is 7.12. The van der Waals surface area contributed by atoms with E-state index in [9.17, 15) is 8.42 Å². The molecule has 1 saturated heterocycles. The molecule has 1 unspecified atom stereocenters. The predicted octanol–water partition coefficient (Wildman–Crippen LogP) is 2.28. The first kappa shape index (κ1) is 15.3. The number of ether oxygens (including phenoxy) is 2.